The van der Waals surface area contributed by atoms with Crippen LogP contribution in [0.2, 0.25) is 0 Å². The van der Waals surface area contributed by atoms with Gasteiger partial charge in [-0.2, -0.15) is 5.10 Å². The summed E-state index contributed by atoms with van der Waals surface area (Å²) in [6.45, 7) is 1.93. The summed E-state index contributed by atoms with van der Waals surface area (Å²) in [5, 5.41) is 4.35. The van der Waals surface area contributed by atoms with Gasteiger partial charge in [0.05, 0.1) is 28.5 Å². The van der Waals surface area contributed by atoms with Crippen molar-refractivity contribution in [1.29, 1.82) is 0 Å². The lowest BCUT2D eigenvalue weighted by molar-refractivity contribution is -0.0494. The molecule has 1 fully saturated rings. The number of nitrogens with two attached hydrogens (primary N) is 1. The van der Waals surface area contributed by atoms with Gasteiger partial charge in [0.25, 0.3) is 11.8 Å². The first-order valence-corrected chi connectivity index (χ1v) is 12.0. The van der Waals surface area contributed by atoms with E-state index in [2.05, 4.69) is 15.1 Å². The molecule has 4 aromatic rings. The van der Waals surface area contributed by atoms with Crippen molar-refractivity contribution in [3.05, 3.63) is 76.2 Å². The van der Waals surface area contributed by atoms with Crippen LogP contribution in [0.1, 0.15) is 50.5 Å². The number of nitrogens with zero attached hydrogens (tertiary/aromatic N) is 4. The van der Waals surface area contributed by atoms with E-state index in [1.807, 2.05) is 31.2 Å². The van der Waals surface area contributed by atoms with Crippen molar-refractivity contribution < 1.29 is 18.4 Å². The number of amides is 1. The van der Waals surface area contributed by atoms with Crippen molar-refractivity contribution in [2.45, 2.75) is 32.1 Å². The number of ketones is 1. The molecule has 188 valence electrons. The Morgan fingerprint density at radius 3 is 2.68 bits per heavy atom. The number of likely N-dealkylation sites (tertiary alicyclic amines) is 1. The molecule has 2 aliphatic rings. The lowest BCUT2D eigenvalue weighted by Gasteiger charge is -2.31. The molecule has 3 heterocycles. The number of Topliss-reactive ketones (excluding diaryl/α,β-unsaturated/α-hetero) is 1. The van der Waals surface area contributed by atoms with Crippen LogP contribution in [0.25, 0.3) is 22.8 Å². The number of carbonyl (C=O) groups is 2. The Hall–Kier alpha value is -4.34. The Morgan fingerprint density at radius 2 is 1.89 bits per heavy atom. The number of hydrogen-bond acceptors (Lipinski definition) is 5. The van der Waals surface area contributed by atoms with Crippen LogP contribution in [0.15, 0.2) is 48.2 Å². The van der Waals surface area contributed by atoms with E-state index in [1.54, 1.807) is 18.2 Å². The summed E-state index contributed by atoms with van der Waals surface area (Å²) in [5.74, 6) is -2.19. The Kier molecular flexibility index (Phi) is 5.22. The minimum Gasteiger partial charge on any atom is -0.383 e. The number of anilines is 1. The molecule has 8 nitrogen and oxygen atoms in total. The van der Waals surface area contributed by atoms with Gasteiger partial charge in [0.15, 0.2) is 5.78 Å². The van der Waals surface area contributed by atoms with Crippen LogP contribution in [0.4, 0.5) is 14.6 Å². The van der Waals surface area contributed by atoms with Gasteiger partial charge in [-0.25, -0.2) is 18.4 Å². The molecular formula is C27H24F2N6O2. The molecular weight excluding hydrogens is 478 g/mol. The maximum Gasteiger partial charge on any atom is 0.253 e. The summed E-state index contributed by atoms with van der Waals surface area (Å²) >= 11 is 0. The smallest absolute Gasteiger partial charge is 0.253 e. The number of piperidine rings is 1. The van der Waals surface area contributed by atoms with Crippen LogP contribution < -0.4 is 5.73 Å². The highest BCUT2D eigenvalue weighted by Gasteiger charge is 2.36. The highest BCUT2D eigenvalue weighted by atomic mass is 19.3. The fourth-order valence-corrected chi connectivity index (χ4v) is 5.00. The first-order chi connectivity index (χ1) is 17.7. The summed E-state index contributed by atoms with van der Waals surface area (Å²) in [6, 6.07) is 10.8. The van der Waals surface area contributed by atoms with E-state index in [-0.39, 0.29) is 43.4 Å². The average Bonchev–Trinajstić information content (AvgIpc) is 3.57. The van der Waals surface area contributed by atoms with E-state index in [0.29, 0.717) is 28.8 Å². The van der Waals surface area contributed by atoms with Gasteiger partial charge < -0.3 is 15.6 Å². The zero-order chi connectivity index (χ0) is 25.9. The number of benzene rings is 2. The molecule has 0 atom stereocenters. The number of fused-ring (bicyclic) bond motifs is 2. The highest BCUT2D eigenvalue weighted by Crippen LogP contribution is 2.32. The molecule has 2 aromatic carbocycles. The van der Waals surface area contributed by atoms with Gasteiger partial charge in [-0.15, -0.1) is 0 Å². The zero-order valence-corrected chi connectivity index (χ0v) is 20.1. The van der Waals surface area contributed by atoms with E-state index in [4.69, 9.17) is 5.73 Å². The summed E-state index contributed by atoms with van der Waals surface area (Å²) < 4.78 is 28.5. The Balaban J connectivity index is 1.23. The van der Waals surface area contributed by atoms with Crippen molar-refractivity contribution >= 4 is 34.6 Å². The molecule has 2 aromatic heterocycles. The molecule has 0 bridgehead atoms. The normalized spacial score (nSPS) is 16.6. The number of H-pyrrole nitrogens is 1. The molecule has 0 radical (unpaired) electrons. The third kappa shape index (κ3) is 4.08. The minimum atomic E-state index is -2.72. The largest absolute Gasteiger partial charge is 0.383 e. The average molecular weight is 503 g/mol. The molecule has 6 rings (SSSR count). The summed E-state index contributed by atoms with van der Waals surface area (Å²) in [6.07, 6.45) is 2.97. The number of nitrogens with one attached hydrogen (secondary N) is 1. The lowest BCUT2D eigenvalue weighted by atomic mass is 10.0. The first kappa shape index (κ1) is 23.1. The van der Waals surface area contributed by atoms with Crippen molar-refractivity contribution in [3.63, 3.8) is 0 Å². The fourth-order valence-electron chi connectivity index (χ4n) is 5.00. The number of rotatable bonds is 4. The maximum absolute atomic E-state index is 13.5. The van der Waals surface area contributed by atoms with Crippen LogP contribution in [0.3, 0.4) is 0 Å². The Labute approximate surface area is 210 Å². The van der Waals surface area contributed by atoms with E-state index >= 15 is 0 Å². The van der Waals surface area contributed by atoms with Crippen molar-refractivity contribution in [2.24, 2.45) is 0 Å². The predicted octanol–water partition coefficient (Wildman–Crippen LogP) is 4.33. The molecule has 37 heavy (non-hydrogen) atoms. The second kappa shape index (κ2) is 8.36. The van der Waals surface area contributed by atoms with E-state index in [0.717, 1.165) is 28.0 Å². The van der Waals surface area contributed by atoms with Crippen LogP contribution in [0, 0.1) is 6.92 Å². The van der Waals surface area contributed by atoms with Gasteiger partial charge in [-0.1, -0.05) is 6.07 Å². The Bertz CT molecular complexity index is 1610. The molecule has 10 heteroatoms. The third-order valence-corrected chi connectivity index (χ3v) is 7.06. The predicted molar refractivity (Wildman–Crippen MR) is 135 cm³/mol. The van der Waals surface area contributed by atoms with Crippen LogP contribution in [0.5, 0.6) is 0 Å². The topological polar surface area (TPSA) is 110 Å². The van der Waals surface area contributed by atoms with Crippen LogP contribution in [-0.4, -0.2) is 55.4 Å². The number of carbonyl (C=O) groups excluding carboxylic acids is 2. The molecule has 1 aliphatic heterocycles. The number of imidazole rings is 1. The molecule has 0 spiro atoms. The van der Waals surface area contributed by atoms with Crippen LogP contribution >= 0.6 is 0 Å². The Morgan fingerprint density at radius 1 is 1.11 bits per heavy atom. The summed E-state index contributed by atoms with van der Waals surface area (Å²) in [5.41, 5.74) is 11.7. The van der Waals surface area contributed by atoms with Gasteiger partial charge in [0.1, 0.15) is 11.6 Å². The number of allylic oxidation sites excluding steroid dienone is 1. The standard InChI is InChI=1S/C27H24F2N6O2/c1-15-32-22-5-4-20(13-23(22)33-15)35-25(30)21(14-31-35)24(36)19-10-16-2-3-17(11-18(16)12-19)26(37)34-8-6-27(28,29)7-9-34/h2-5,11-14H,6-10,30H2,1H3,(H,32,33). The van der Waals surface area contributed by atoms with Gasteiger partial charge in [-0.3, -0.25) is 9.59 Å². The molecule has 1 saturated heterocycles. The SMILES string of the molecule is Cc1nc2ccc(-n3ncc(C(=O)C4=Cc5cc(C(=O)N6CCC(F)(F)CC6)ccc5C4)c3N)cc2[nH]1. The number of nitrogen functional groups attached to an aromatic ring is 1. The van der Waals surface area contributed by atoms with Gasteiger partial charge in [-0.05, 0) is 54.5 Å². The number of halogens is 2. The van der Waals surface area contributed by atoms with E-state index in [1.165, 1.54) is 15.8 Å². The second-order valence-electron chi connectivity index (χ2n) is 9.62. The minimum absolute atomic E-state index is 0.0265. The molecule has 0 saturated carbocycles. The fraction of sp³-hybridized carbons (Fsp3) is 0.259. The third-order valence-electron chi connectivity index (χ3n) is 7.06. The van der Waals surface area contributed by atoms with Crippen molar-refractivity contribution in [2.75, 3.05) is 18.8 Å². The quantitative estimate of drug-likeness (QED) is 0.404. The van der Waals surface area contributed by atoms with E-state index < -0.39 is 5.92 Å². The monoisotopic (exact) mass is 502 g/mol. The lowest BCUT2D eigenvalue weighted by Crippen LogP contribution is -2.42. The number of aromatic amines is 1. The number of hydrogen-bond donors (Lipinski definition) is 2. The second-order valence-corrected chi connectivity index (χ2v) is 9.62. The van der Waals surface area contributed by atoms with Crippen molar-refractivity contribution in [3.8, 4) is 5.69 Å². The van der Waals surface area contributed by atoms with Crippen molar-refractivity contribution in [1.82, 2.24) is 24.6 Å². The molecule has 1 aliphatic carbocycles. The summed E-state index contributed by atoms with van der Waals surface area (Å²) in [7, 11) is 0. The van der Waals surface area contributed by atoms with E-state index in [9.17, 15) is 18.4 Å². The molecule has 0 unspecified atom stereocenters. The van der Waals surface area contributed by atoms with Crippen LogP contribution in [-0.2, 0) is 6.42 Å². The highest BCUT2D eigenvalue weighted by molar-refractivity contribution is 6.15. The number of aryl methyl sites for hydroxylation is 1. The summed E-state index contributed by atoms with van der Waals surface area (Å²) in [4.78, 5) is 35.3. The number of alkyl halides is 2. The van der Waals surface area contributed by atoms with Gasteiger partial charge in [0.2, 0.25) is 0 Å². The van der Waals surface area contributed by atoms with Gasteiger partial charge in [0, 0.05) is 43.5 Å². The maximum atomic E-state index is 13.5. The molecule has 3 N–H and O–H groups in total. The number of aromatic nitrogens is 4. The zero-order valence-electron chi connectivity index (χ0n) is 20.1. The molecule has 1 amide bonds. The first-order valence-electron chi connectivity index (χ1n) is 12.0. The van der Waals surface area contributed by atoms with Gasteiger partial charge >= 0.3 is 0 Å².